The zero-order chi connectivity index (χ0) is 59.2. The maximum atomic E-state index is 13.0. The highest BCUT2D eigenvalue weighted by Crippen LogP contribution is 2.19. The summed E-state index contributed by atoms with van der Waals surface area (Å²) in [6.45, 7) is 6.56. The fourth-order valence-corrected chi connectivity index (χ4v) is 10.9. The summed E-state index contributed by atoms with van der Waals surface area (Å²) >= 11 is 0. The van der Waals surface area contributed by atoms with E-state index in [-0.39, 0.29) is 37.5 Å². The van der Waals surface area contributed by atoms with Crippen LogP contribution in [0.1, 0.15) is 387 Å². The second kappa shape index (κ2) is 70.6. The second-order valence-corrected chi connectivity index (χ2v) is 24.5. The normalized spacial score (nSPS) is 12.4. The molecule has 0 heterocycles. The first kappa shape index (κ1) is 79.1. The summed E-state index contributed by atoms with van der Waals surface area (Å²) in [7, 11) is 0. The molecule has 0 fully saturated rings. The molecule has 0 radical (unpaired) electrons. The lowest BCUT2D eigenvalue weighted by Crippen LogP contribution is -2.30. The highest BCUT2D eigenvalue weighted by molar-refractivity contribution is 5.71. The maximum absolute atomic E-state index is 13.0. The molecule has 0 spiro atoms. The molecular formula is C76H138O6. The Kier molecular flexibility index (Phi) is 68.1. The molecule has 6 heteroatoms. The number of esters is 3. The Bertz CT molecular complexity index is 1460. The van der Waals surface area contributed by atoms with E-state index in [9.17, 15) is 14.4 Å². The monoisotopic (exact) mass is 1150 g/mol. The number of ether oxygens (including phenoxy) is 3. The van der Waals surface area contributed by atoms with Crippen LogP contribution in [0.25, 0.3) is 0 Å². The fraction of sp³-hybridized carbons (Fsp3) is 0.829. The van der Waals surface area contributed by atoms with E-state index in [0.717, 1.165) is 77.0 Å². The molecule has 0 aliphatic heterocycles. The van der Waals surface area contributed by atoms with Gasteiger partial charge in [0.2, 0.25) is 0 Å². The van der Waals surface area contributed by atoms with Gasteiger partial charge in [-0.25, -0.2) is 0 Å². The summed E-state index contributed by atoms with van der Waals surface area (Å²) in [6, 6.07) is 0. The first-order valence-corrected chi connectivity index (χ1v) is 36.3. The van der Waals surface area contributed by atoms with E-state index in [1.807, 2.05) is 0 Å². The van der Waals surface area contributed by atoms with Gasteiger partial charge in [-0.3, -0.25) is 14.4 Å². The topological polar surface area (TPSA) is 78.9 Å². The average molecular weight is 1150 g/mol. The molecule has 0 aromatic heterocycles. The molecule has 1 atom stereocenters. The molecule has 1 unspecified atom stereocenters. The van der Waals surface area contributed by atoms with Crippen LogP contribution in [-0.2, 0) is 28.6 Å². The zero-order valence-corrected chi connectivity index (χ0v) is 55.0. The number of rotatable bonds is 67. The van der Waals surface area contributed by atoms with E-state index < -0.39 is 6.10 Å². The standard InChI is InChI=1S/C76H138O6/c1-4-7-10-13-16-19-22-25-28-31-33-35-37-39-40-42-45-48-51-54-57-60-63-66-69-75(78)81-72-73(71-80-74(77)68-65-62-59-56-53-50-47-44-30-27-24-21-18-15-12-9-6-3)82-76(79)70-67-64-61-58-55-52-49-46-43-41-38-36-34-32-29-26-23-20-17-14-11-8-5-2/h9,12,18,21,27,30,47,50,56,59,73H,4-8,10-11,13-17,19-20,22-26,28-29,31-46,48-49,51-55,57-58,60-72H2,1-3H3/b12-9-,21-18-,30-27-,50-47-,59-56-. The number of unbranched alkanes of at least 4 members (excludes halogenated alkanes) is 46. The van der Waals surface area contributed by atoms with Crippen LogP contribution in [-0.4, -0.2) is 37.2 Å². The minimum atomic E-state index is -0.796. The lowest BCUT2D eigenvalue weighted by molar-refractivity contribution is -0.167. The Labute approximate surface area is 510 Å². The zero-order valence-electron chi connectivity index (χ0n) is 55.0. The molecule has 0 bridgehead atoms. The largest absolute Gasteiger partial charge is 0.462 e. The van der Waals surface area contributed by atoms with Gasteiger partial charge in [-0.2, -0.15) is 0 Å². The molecule has 82 heavy (non-hydrogen) atoms. The van der Waals surface area contributed by atoms with E-state index >= 15 is 0 Å². The summed E-state index contributed by atoms with van der Waals surface area (Å²) < 4.78 is 17.0. The van der Waals surface area contributed by atoms with Gasteiger partial charge in [-0.1, -0.05) is 370 Å². The van der Waals surface area contributed by atoms with E-state index in [4.69, 9.17) is 14.2 Å². The minimum absolute atomic E-state index is 0.0866. The van der Waals surface area contributed by atoms with Crippen molar-refractivity contribution in [2.24, 2.45) is 0 Å². The lowest BCUT2D eigenvalue weighted by Gasteiger charge is -2.18. The van der Waals surface area contributed by atoms with Gasteiger partial charge in [0.1, 0.15) is 13.2 Å². The Hall–Kier alpha value is -2.89. The van der Waals surface area contributed by atoms with Crippen molar-refractivity contribution >= 4 is 17.9 Å². The Morgan fingerprint density at radius 2 is 0.476 bits per heavy atom. The van der Waals surface area contributed by atoms with Crippen molar-refractivity contribution in [3.63, 3.8) is 0 Å². The third-order valence-electron chi connectivity index (χ3n) is 16.3. The molecule has 478 valence electrons. The van der Waals surface area contributed by atoms with Gasteiger partial charge in [-0.15, -0.1) is 0 Å². The second-order valence-electron chi connectivity index (χ2n) is 24.5. The molecule has 0 N–H and O–H groups in total. The van der Waals surface area contributed by atoms with Crippen molar-refractivity contribution in [3.05, 3.63) is 60.8 Å². The van der Waals surface area contributed by atoms with Crippen molar-refractivity contribution in [1.82, 2.24) is 0 Å². The Morgan fingerprint density at radius 1 is 0.256 bits per heavy atom. The Morgan fingerprint density at radius 3 is 0.744 bits per heavy atom. The van der Waals surface area contributed by atoms with Gasteiger partial charge >= 0.3 is 17.9 Å². The van der Waals surface area contributed by atoms with E-state index in [2.05, 4.69) is 81.5 Å². The number of hydrogen-bond donors (Lipinski definition) is 0. The van der Waals surface area contributed by atoms with Crippen LogP contribution in [0, 0.1) is 0 Å². The van der Waals surface area contributed by atoms with Crippen molar-refractivity contribution in [3.8, 4) is 0 Å². The number of carbonyl (C=O) groups is 3. The van der Waals surface area contributed by atoms with Crippen LogP contribution in [0.4, 0.5) is 0 Å². The number of allylic oxidation sites excluding steroid dienone is 10. The van der Waals surface area contributed by atoms with Crippen molar-refractivity contribution in [1.29, 1.82) is 0 Å². The van der Waals surface area contributed by atoms with Crippen LogP contribution >= 0.6 is 0 Å². The predicted octanol–water partition coefficient (Wildman–Crippen LogP) is 25.1. The van der Waals surface area contributed by atoms with Gasteiger partial charge in [-0.05, 0) is 57.8 Å². The fourth-order valence-electron chi connectivity index (χ4n) is 10.9. The third kappa shape index (κ3) is 67.9. The van der Waals surface area contributed by atoms with Crippen LogP contribution in [0.3, 0.4) is 0 Å². The molecular weight excluding hydrogens is 1010 g/mol. The van der Waals surface area contributed by atoms with Gasteiger partial charge in [0.15, 0.2) is 6.10 Å². The van der Waals surface area contributed by atoms with Gasteiger partial charge in [0.25, 0.3) is 0 Å². The van der Waals surface area contributed by atoms with Gasteiger partial charge in [0, 0.05) is 19.3 Å². The molecule has 0 aliphatic rings. The van der Waals surface area contributed by atoms with Crippen molar-refractivity contribution in [2.75, 3.05) is 13.2 Å². The van der Waals surface area contributed by atoms with Gasteiger partial charge < -0.3 is 14.2 Å². The summed E-state index contributed by atoms with van der Waals surface area (Å²) in [5.41, 5.74) is 0. The number of carbonyl (C=O) groups excluding carboxylic acids is 3. The molecule has 0 aromatic carbocycles. The average Bonchev–Trinajstić information content (AvgIpc) is 3.47. The molecule has 0 aliphatic carbocycles. The van der Waals surface area contributed by atoms with Crippen LogP contribution < -0.4 is 0 Å². The maximum Gasteiger partial charge on any atom is 0.306 e. The SMILES string of the molecule is CC/C=C\C/C=C\C/C=C\C/C=C\C/C=C\CCCC(=O)OCC(COC(=O)CCCCCCCCCCCCCCCCCCCCCCCCCC)OC(=O)CCCCCCCCCCCCCCCCCCCCCCCCC. The van der Waals surface area contributed by atoms with Crippen molar-refractivity contribution < 1.29 is 28.6 Å². The van der Waals surface area contributed by atoms with E-state index in [1.165, 1.54) is 263 Å². The first-order valence-electron chi connectivity index (χ1n) is 36.3. The molecule has 0 saturated heterocycles. The van der Waals surface area contributed by atoms with Crippen LogP contribution in [0.5, 0.6) is 0 Å². The highest BCUT2D eigenvalue weighted by Gasteiger charge is 2.19. The molecule has 0 rings (SSSR count). The lowest BCUT2D eigenvalue weighted by atomic mass is 10.0. The van der Waals surface area contributed by atoms with E-state index in [0.29, 0.717) is 19.3 Å². The minimum Gasteiger partial charge on any atom is -0.462 e. The molecule has 6 nitrogen and oxygen atoms in total. The molecule has 0 amide bonds. The number of hydrogen-bond acceptors (Lipinski definition) is 6. The third-order valence-corrected chi connectivity index (χ3v) is 16.3. The van der Waals surface area contributed by atoms with Crippen LogP contribution in [0.2, 0.25) is 0 Å². The highest BCUT2D eigenvalue weighted by atomic mass is 16.6. The quantitative estimate of drug-likeness (QED) is 0.0261. The summed E-state index contributed by atoms with van der Waals surface area (Å²) in [5.74, 6) is -0.920. The van der Waals surface area contributed by atoms with Gasteiger partial charge in [0.05, 0.1) is 0 Å². The van der Waals surface area contributed by atoms with Crippen molar-refractivity contribution in [2.45, 2.75) is 393 Å². The smallest absolute Gasteiger partial charge is 0.306 e. The Balaban J connectivity index is 4.33. The van der Waals surface area contributed by atoms with E-state index in [1.54, 1.807) is 0 Å². The molecule has 0 aromatic rings. The summed E-state index contributed by atoms with van der Waals surface area (Å²) in [4.78, 5) is 38.5. The predicted molar refractivity (Wildman–Crippen MR) is 358 cm³/mol. The summed E-state index contributed by atoms with van der Waals surface area (Å²) in [5, 5.41) is 0. The first-order chi connectivity index (χ1) is 40.5. The van der Waals surface area contributed by atoms with Crippen LogP contribution in [0.15, 0.2) is 60.8 Å². The summed E-state index contributed by atoms with van der Waals surface area (Å²) in [6.07, 6.45) is 91.3. The molecule has 0 saturated carbocycles.